The summed E-state index contributed by atoms with van der Waals surface area (Å²) in [4.78, 5) is 11.2. The molecule has 0 radical (unpaired) electrons. The third-order valence-corrected chi connectivity index (χ3v) is 2.49. The van der Waals surface area contributed by atoms with Crippen molar-refractivity contribution in [3.8, 4) is 0 Å². The lowest BCUT2D eigenvalue weighted by atomic mass is 10.1. The van der Waals surface area contributed by atoms with Gasteiger partial charge in [-0.15, -0.1) is 0 Å². The van der Waals surface area contributed by atoms with Gasteiger partial charge < -0.3 is 5.32 Å². The Kier molecular flexibility index (Phi) is 6.51. The Bertz CT molecular complexity index is 286. The summed E-state index contributed by atoms with van der Waals surface area (Å²) in [6.07, 6.45) is 2.19. The Morgan fingerprint density at radius 2 is 1.87 bits per heavy atom. The molecular weight excluding hydrogens is 216 g/mol. The van der Waals surface area contributed by atoms with Crippen molar-refractivity contribution in [3.63, 3.8) is 0 Å². The quantitative estimate of drug-likeness (QED) is 0.657. The van der Waals surface area contributed by atoms with Crippen molar-refractivity contribution < 1.29 is 13.2 Å². The molecule has 0 aromatic carbocycles. The van der Waals surface area contributed by atoms with Crippen LogP contribution in [-0.4, -0.2) is 33.7 Å². The summed E-state index contributed by atoms with van der Waals surface area (Å²) < 4.78 is 23.6. The number of amides is 1. The minimum Gasteiger partial charge on any atom is -0.356 e. The van der Waals surface area contributed by atoms with Crippen LogP contribution in [-0.2, 0) is 14.8 Å². The van der Waals surface area contributed by atoms with Gasteiger partial charge in [-0.05, 0) is 12.3 Å². The van der Waals surface area contributed by atoms with Crippen LogP contribution in [0.25, 0.3) is 0 Å². The smallest absolute Gasteiger partial charge is 0.221 e. The molecule has 0 atom stereocenters. The molecular formula is C9H20N2O3S. The Labute approximate surface area is 91.7 Å². The third kappa shape index (κ3) is 11.3. The van der Waals surface area contributed by atoms with Crippen LogP contribution in [0.15, 0.2) is 0 Å². The fourth-order valence-electron chi connectivity index (χ4n) is 0.939. The predicted molar refractivity (Wildman–Crippen MR) is 59.9 cm³/mol. The third-order valence-electron chi connectivity index (χ3n) is 1.76. The van der Waals surface area contributed by atoms with E-state index in [0.29, 0.717) is 12.5 Å². The second kappa shape index (κ2) is 6.79. The zero-order chi connectivity index (χ0) is 11.9. The van der Waals surface area contributed by atoms with Gasteiger partial charge in [0.2, 0.25) is 15.9 Å². The molecule has 0 heterocycles. The van der Waals surface area contributed by atoms with Gasteiger partial charge in [0.25, 0.3) is 0 Å². The van der Waals surface area contributed by atoms with Gasteiger partial charge in [0.05, 0.1) is 6.26 Å². The SMILES string of the molecule is CC(C)CCNC(=O)CCNS(C)(=O)=O. The molecule has 1 amide bonds. The first-order chi connectivity index (χ1) is 6.81. The molecule has 90 valence electrons. The molecule has 0 unspecified atom stereocenters. The van der Waals surface area contributed by atoms with E-state index < -0.39 is 10.0 Å². The highest BCUT2D eigenvalue weighted by atomic mass is 32.2. The van der Waals surface area contributed by atoms with Crippen molar-refractivity contribution in [2.45, 2.75) is 26.7 Å². The second-order valence-corrected chi connectivity index (χ2v) is 5.78. The first-order valence-electron chi connectivity index (χ1n) is 5.02. The van der Waals surface area contributed by atoms with Crippen LogP contribution < -0.4 is 10.0 Å². The first kappa shape index (κ1) is 14.4. The van der Waals surface area contributed by atoms with E-state index >= 15 is 0 Å². The average Bonchev–Trinajstić information content (AvgIpc) is 2.00. The van der Waals surface area contributed by atoms with Gasteiger partial charge in [0.15, 0.2) is 0 Å². The molecule has 0 spiro atoms. The highest BCUT2D eigenvalue weighted by molar-refractivity contribution is 7.88. The average molecular weight is 236 g/mol. The maximum absolute atomic E-state index is 11.2. The number of carbonyl (C=O) groups is 1. The maximum atomic E-state index is 11.2. The molecule has 0 fully saturated rings. The molecule has 15 heavy (non-hydrogen) atoms. The van der Waals surface area contributed by atoms with Crippen molar-refractivity contribution in [1.82, 2.24) is 10.0 Å². The van der Waals surface area contributed by atoms with E-state index in [0.717, 1.165) is 12.7 Å². The molecule has 0 aromatic rings. The van der Waals surface area contributed by atoms with Crippen LogP contribution in [0.3, 0.4) is 0 Å². The molecule has 0 aromatic heterocycles. The minimum absolute atomic E-state index is 0.119. The lowest BCUT2D eigenvalue weighted by Crippen LogP contribution is -2.30. The number of hydrogen-bond acceptors (Lipinski definition) is 3. The standard InChI is InChI=1S/C9H20N2O3S/c1-8(2)4-6-10-9(12)5-7-11-15(3,13)14/h8,11H,4-7H2,1-3H3,(H,10,12). The molecule has 0 bridgehead atoms. The zero-order valence-electron chi connectivity index (χ0n) is 9.54. The molecule has 2 N–H and O–H groups in total. The van der Waals surface area contributed by atoms with Crippen LogP contribution in [0.2, 0.25) is 0 Å². The van der Waals surface area contributed by atoms with Gasteiger partial charge in [-0.1, -0.05) is 13.8 Å². The monoisotopic (exact) mass is 236 g/mol. The summed E-state index contributed by atoms with van der Waals surface area (Å²) in [7, 11) is -3.18. The van der Waals surface area contributed by atoms with Gasteiger partial charge >= 0.3 is 0 Å². The summed E-state index contributed by atoms with van der Waals surface area (Å²) >= 11 is 0. The minimum atomic E-state index is -3.18. The molecule has 5 nitrogen and oxygen atoms in total. The number of hydrogen-bond donors (Lipinski definition) is 2. The predicted octanol–water partition coefficient (Wildman–Crippen LogP) is 0.0880. The van der Waals surface area contributed by atoms with Crippen LogP contribution in [0.4, 0.5) is 0 Å². The van der Waals surface area contributed by atoms with Gasteiger partial charge in [0.1, 0.15) is 0 Å². The number of nitrogens with one attached hydrogen (secondary N) is 2. The zero-order valence-corrected chi connectivity index (χ0v) is 10.4. The van der Waals surface area contributed by atoms with Crippen molar-refractivity contribution in [1.29, 1.82) is 0 Å². The van der Waals surface area contributed by atoms with E-state index in [4.69, 9.17) is 0 Å². The lowest BCUT2D eigenvalue weighted by molar-refractivity contribution is -0.120. The molecule has 0 rings (SSSR count). The number of sulfonamides is 1. The van der Waals surface area contributed by atoms with Crippen molar-refractivity contribution >= 4 is 15.9 Å². The van der Waals surface area contributed by atoms with Crippen molar-refractivity contribution in [3.05, 3.63) is 0 Å². The van der Waals surface area contributed by atoms with E-state index in [1.165, 1.54) is 0 Å². The Morgan fingerprint density at radius 3 is 2.33 bits per heavy atom. The van der Waals surface area contributed by atoms with Gasteiger partial charge in [-0.3, -0.25) is 4.79 Å². The van der Waals surface area contributed by atoms with Crippen LogP contribution >= 0.6 is 0 Å². The fourth-order valence-corrected chi connectivity index (χ4v) is 1.41. The normalized spacial score (nSPS) is 11.7. The summed E-state index contributed by atoms with van der Waals surface area (Å²) in [6.45, 7) is 4.97. The molecule has 0 aliphatic carbocycles. The highest BCUT2D eigenvalue weighted by Gasteiger charge is 2.04. The van der Waals surface area contributed by atoms with Gasteiger partial charge in [0, 0.05) is 19.5 Å². The van der Waals surface area contributed by atoms with E-state index in [1.807, 2.05) is 0 Å². The largest absolute Gasteiger partial charge is 0.356 e. The van der Waals surface area contributed by atoms with Crippen LogP contribution in [0, 0.1) is 5.92 Å². The van der Waals surface area contributed by atoms with Crippen molar-refractivity contribution in [2.24, 2.45) is 5.92 Å². The van der Waals surface area contributed by atoms with E-state index in [9.17, 15) is 13.2 Å². The van der Waals surface area contributed by atoms with Gasteiger partial charge in [-0.2, -0.15) is 0 Å². The second-order valence-electron chi connectivity index (χ2n) is 3.95. The van der Waals surface area contributed by atoms with Crippen molar-refractivity contribution in [2.75, 3.05) is 19.3 Å². The Morgan fingerprint density at radius 1 is 1.27 bits per heavy atom. The van der Waals surface area contributed by atoms with E-state index in [2.05, 4.69) is 23.9 Å². The van der Waals surface area contributed by atoms with Crippen LogP contribution in [0.5, 0.6) is 0 Å². The summed E-state index contributed by atoms with van der Waals surface area (Å²) in [6, 6.07) is 0. The van der Waals surface area contributed by atoms with Gasteiger partial charge in [-0.25, -0.2) is 13.1 Å². The topological polar surface area (TPSA) is 75.3 Å². The number of rotatable bonds is 7. The fraction of sp³-hybridized carbons (Fsp3) is 0.889. The number of carbonyl (C=O) groups excluding carboxylic acids is 1. The lowest BCUT2D eigenvalue weighted by Gasteiger charge is -2.07. The molecule has 0 saturated carbocycles. The summed E-state index contributed by atoms with van der Waals surface area (Å²) in [5.41, 5.74) is 0. The highest BCUT2D eigenvalue weighted by Crippen LogP contribution is 1.96. The Balaban J connectivity index is 3.50. The molecule has 6 heteroatoms. The molecule has 0 saturated heterocycles. The molecule has 0 aliphatic rings. The first-order valence-corrected chi connectivity index (χ1v) is 6.91. The van der Waals surface area contributed by atoms with E-state index in [1.54, 1.807) is 0 Å². The van der Waals surface area contributed by atoms with Crippen LogP contribution in [0.1, 0.15) is 26.7 Å². The summed E-state index contributed by atoms with van der Waals surface area (Å²) in [5.74, 6) is 0.436. The maximum Gasteiger partial charge on any atom is 0.221 e. The van der Waals surface area contributed by atoms with E-state index in [-0.39, 0.29) is 18.9 Å². The Hall–Kier alpha value is -0.620. The summed E-state index contributed by atoms with van der Waals surface area (Å²) in [5, 5.41) is 2.73. The molecule has 0 aliphatic heterocycles.